The van der Waals surface area contributed by atoms with E-state index in [0.717, 1.165) is 6.20 Å². The van der Waals surface area contributed by atoms with Crippen molar-refractivity contribution in [3.63, 3.8) is 0 Å². The van der Waals surface area contributed by atoms with Crippen LogP contribution in [0.15, 0.2) is 30.5 Å². The van der Waals surface area contributed by atoms with Crippen LogP contribution < -0.4 is 9.46 Å². The summed E-state index contributed by atoms with van der Waals surface area (Å²) in [6.07, 6.45) is -3.51. The molecule has 2 aromatic rings. The second kappa shape index (κ2) is 6.68. The van der Waals surface area contributed by atoms with E-state index in [9.17, 15) is 17.4 Å². The van der Waals surface area contributed by atoms with E-state index in [2.05, 4.69) is 9.71 Å². The van der Waals surface area contributed by atoms with Gasteiger partial charge in [-0.1, -0.05) is 18.2 Å². The standard InChI is InChI=1S/C16H19F3N2O2S/c1-15(2,3)24(22)21-13(16(17,18)19)12-9-20-14(23-4)11-8-6-5-7-10(11)12/h5-9,13,21H,1-4H3. The number of rotatable bonds is 4. The molecule has 0 saturated heterocycles. The molecule has 0 saturated carbocycles. The van der Waals surface area contributed by atoms with Crippen molar-refractivity contribution in [3.8, 4) is 5.88 Å². The number of fused-ring (bicyclic) bond motifs is 1. The summed E-state index contributed by atoms with van der Waals surface area (Å²) >= 11 is 0. The van der Waals surface area contributed by atoms with E-state index in [1.54, 1.807) is 45.0 Å². The highest BCUT2D eigenvalue weighted by Gasteiger charge is 2.44. The summed E-state index contributed by atoms with van der Waals surface area (Å²) in [7, 11) is -0.488. The number of aromatic nitrogens is 1. The molecular formula is C16H19F3N2O2S. The minimum atomic E-state index is -4.63. The van der Waals surface area contributed by atoms with E-state index in [1.807, 2.05) is 0 Å². The second-order valence-corrected chi connectivity index (χ2v) is 8.24. The van der Waals surface area contributed by atoms with E-state index in [4.69, 9.17) is 4.74 Å². The van der Waals surface area contributed by atoms with E-state index >= 15 is 0 Å². The summed E-state index contributed by atoms with van der Waals surface area (Å²) in [4.78, 5) is 3.97. The van der Waals surface area contributed by atoms with Crippen molar-refractivity contribution in [3.05, 3.63) is 36.0 Å². The van der Waals surface area contributed by atoms with Gasteiger partial charge in [0.1, 0.15) is 6.04 Å². The summed E-state index contributed by atoms with van der Waals surface area (Å²) in [5.74, 6) is 0.243. The molecular weight excluding hydrogens is 341 g/mol. The molecule has 2 rings (SSSR count). The number of alkyl halides is 3. The van der Waals surface area contributed by atoms with Crippen LogP contribution in [-0.4, -0.2) is 27.2 Å². The fourth-order valence-corrected chi connectivity index (χ4v) is 3.00. The van der Waals surface area contributed by atoms with Crippen molar-refractivity contribution in [2.75, 3.05) is 7.11 Å². The Morgan fingerprint density at radius 1 is 1.17 bits per heavy atom. The van der Waals surface area contributed by atoms with Crippen molar-refractivity contribution in [1.29, 1.82) is 0 Å². The zero-order valence-corrected chi connectivity index (χ0v) is 14.6. The SMILES string of the molecule is COc1ncc(C(NS(=O)C(C)(C)C)C(F)(F)F)c2ccccc12. The van der Waals surface area contributed by atoms with Crippen LogP contribution in [0.4, 0.5) is 13.2 Å². The minimum Gasteiger partial charge on any atom is -0.481 e. The van der Waals surface area contributed by atoms with Gasteiger partial charge in [-0.25, -0.2) is 13.9 Å². The maximum absolute atomic E-state index is 13.6. The summed E-state index contributed by atoms with van der Waals surface area (Å²) in [6.45, 7) is 4.82. The average Bonchev–Trinajstić information content (AvgIpc) is 2.49. The molecule has 24 heavy (non-hydrogen) atoms. The Balaban J connectivity index is 2.60. The molecule has 0 aliphatic heterocycles. The van der Waals surface area contributed by atoms with Crippen molar-refractivity contribution < 1.29 is 22.1 Å². The Labute approximate surface area is 141 Å². The number of ether oxygens (including phenoxy) is 1. The Morgan fingerprint density at radius 3 is 2.25 bits per heavy atom. The van der Waals surface area contributed by atoms with Gasteiger partial charge in [0.2, 0.25) is 5.88 Å². The van der Waals surface area contributed by atoms with E-state index in [-0.39, 0.29) is 11.4 Å². The molecule has 4 nitrogen and oxygen atoms in total. The van der Waals surface area contributed by atoms with Crippen molar-refractivity contribution in [2.45, 2.75) is 37.7 Å². The third kappa shape index (κ3) is 3.87. The molecule has 0 aliphatic carbocycles. The summed E-state index contributed by atoms with van der Waals surface area (Å²) < 4.78 is 59.5. The highest BCUT2D eigenvalue weighted by atomic mass is 32.2. The molecule has 0 aliphatic rings. The lowest BCUT2D eigenvalue weighted by molar-refractivity contribution is -0.152. The van der Waals surface area contributed by atoms with Gasteiger partial charge >= 0.3 is 6.18 Å². The quantitative estimate of drug-likeness (QED) is 0.900. The van der Waals surface area contributed by atoms with Gasteiger partial charge < -0.3 is 4.74 Å². The first-order chi connectivity index (χ1) is 11.1. The molecule has 1 heterocycles. The average molecular weight is 360 g/mol. The van der Waals surface area contributed by atoms with E-state index in [0.29, 0.717) is 10.8 Å². The van der Waals surface area contributed by atoms with Gasteiger partial charge in [0.15, 0.2) is 0 Å². The van der Waals surface area contributed by atoms with E-state index < -0.39 is 28.0 Å². The smallest absolute Gasteiger partial charge is 0.408 e. The summed E-state index contributed by atoms with van der Waals surface area (Å²) in [5, 5.41) is 0.820. The van der Waals surface area contributed by atoms with Crippen LogP contribution in [0.2, 0.25) is 0 Å². The number of halogens is 3. The summed E-state index contributed by atoms with van der Waals surface area (Å²) in [5.41, 5.74) is -0.0866. The lowest BCUT2D eigenvalue weighted by Gasteiger charge is -2.27. The van der Waals surface area contributed by atoms with Crippen molar-refractivity contribution in [1.82, 2.24) is 9.71 Å². The predicted octanol–water partition coefficient (Wildman–Crippen LogP) is 3.90. The van der Waals surface area contributed by atoms with Crippen LogP contribution in [0, 0.1) is 0 Å². The second-order valence-electron chi connectivity index (χ2n) is 6.24. The number of nitrogens with one attached hydrogen (secondary N) is 1. The zero-order valence-electron chi connectivity index (χ0n) is 13.8. The van der Waals surface area contributed by atoms with Gasteiger partial charge in [0.05, 0.1) is 22.8 Å². The maximum atomic E-state index is 13.6. The third-order valence-electron chi connectivity index (χ3n) is 3.40. The highest BCUT2D eigenvalue weighted by molar-refractivity contribution is 7.84. The molecule has 0 amide bonds. The lowest BCUT2D eigenvalue weighted by Crippen LogP contribution is -2.41. The van der Waals surface area contributed by atoms with Crippen molar-refractivity contribution in [2.24, 2.45) is 0 Å². The van der Waals surface area contributed by atoms with Crippen LogP contribution >= 0.6 is 0 Å². The maximum Gasteiger partial charge on any atom is 0.408 e. The number of benzene rings is 1. The monoisotopic (exact) mass is 360 g/mol. The van der Waals surface area contributed by atoms with Crippen LogP contribution in [0.3, 0.4) is 0 Å². The Bertz CT molecular complexity index is 757. The Kier molecular flexibility index (Phi) is 5.19. The predicted molar refractivity (Wildman–Crippen MR) is 88.1 cm³/mol. The molecule has 132 valence electrons. The molecule has 1 aromatic carbocycles. The van der Waals surface area contributed by atoms with E-state index in [1.165, 1.54) is 7.11 Å². The lowest BCUT2D eigenvalue weighted by atomic mass is 10.0. The van der Waals surface area contributed by atoms with Gasteiger partial charge in [-0.05, 0) is 32.2 Å². The number of nitrogens with zero attached hydrogens (tertiary/aromatic N) is 1. The number of methoxy groups -OCH3 is 1. The number of hydrogen-bond donors (Lipinski definition) is 1. The van der Waals surface area contributed by atoms with Gasteiger partial charge in [0.25, 0.3) is 0 Å². The van der Waals surface area contributed by atoms with Gasteiger partial charge in [-0.15, -0.1) is 0 Å². The van der Waals surface area contributed by atoms with Gasteiger partial charge in [-0.3, -0.25) is 0 Å². The molecule has 0 bridgehead atoms. The Hall–Kier alpha value is -1.67. The van der Waals surface area contributed by atoms with Crippen LogP contribution in [0.5, 0.6) is 5.88 Å². The molecule has 8 heteroatoms. The molecule has 2 unspecified atom stereocenters. The molecule has 0 radical (unpaired) electrons. The minimum absolute atomic E-state index is 0.0866. The topological polar surface area (TPSA) is 51.2 Å². The molecule has 2 atom stereocenters. The van der Waals surface area contributed by atoms with Gasteiger partial charge in [0, 0.05) is 17.1 Å². The molecule has 0 spiro atoms. The van der Waals surface area contributed by atoms with Crippen LogP contribution in [0.25, 0.3) is 10.8 Å². The Morgan fingerprint density at radius 2 is 1.75 bits per heavy atom. The largest absolute Gasteiger partial charge is 0.481 e. The first-order valence-corrected chi connectivity index (χ1v) is 8.37. The fraction of sp³-hybridized carbons (Fsp3) is 0.438. The number of hydrogen-bond acceptors (Lipinski definition) is 3. The summed E-state index contributed by atoms with van der Waals surface area (Å²) in [6, 6.07) is 4.44. The van der Waals surface area contributed by atoms with Crippen LogP contribution in [0.1, 0.15) is 32.4 Å². The molecule has 1 N–H and O–H groups in total. The first-order valence-electron chi connectivity index (χ1n) is 7.22. The van der Waals surface area contributed by atoms with Crippen LogP contribution in [-0.2, 0) is 11.0 Å². The fourth-order valence-electron chi connectivity index (χ4n) is 2.17. The highest BCUT2D eigenvalue weighted by Crippen LogP contribution is 2.38. The van der Waals surface area contributed by atoms with Gasteiger partial charge in [-0.2, -0.15) is 13.2 Å². The number of pyridine rings is 1. The normalized spacial score (nSPS) is 15.3. The molecule has 1 aromatic heterocycles. The molecule has 0 fully saturated rings. The zero-order chi connectivity index (χ0) is 18.1. The van der Waals surface area contributed by atoms with Crippen molar-refractivity contribution >= 4 is 21.8 Å². The third-order valence-corrected chi connectivity index (χ3v) is 4.96. The first kappa shape index (κ1) is 18.7.